The van der Waals surface area contributed by atoms with Crippen molar-refractivity contribution in [1.82, 2.24) is 10.2 Å². The van der Waals surface area contributed by atoms with Crippen LogP contribution in [0.5, 0.6) is 0 Å². The first-order chi connectivity index (χ1) is 9.47. The normalized spacial score (nSPS) is 43.5. The molecule has 0 radical (unpaired) electrons. The molecule has 5 unspecified atom stereocenters. The van der Waals surface area contributed by atoms with Gasteiger partial charge in [-0.05, 0) is 68.9 Å². The Bertz CT molecular complexity index is 333. The first-order valence-corrected chi connectivity index (χ1v) is 8.93. The van der Waals surface area contributed by atoms with Gasteiger partial charge in [-0.25, -0.2) is 0 Å². The molecule has 3 fully saturated rings. The Morgan fingerprint density at radius 1 is 1.00 bits per heavy atom. The number of hydrogen-bond donors (Lipinski definition) is 1. The Morgan fingerprint density at radius 3 is 2.50 bits per heavy atom. The van der Waals surface area contributed by atoms with Gasteiger partial charge in [-0.2, -0.15) is 0 Å². The third kappa shape index (κ3) is 2.78. The highest BCUT2D eigenvalue weighted by Gasteiger charge is 2.44. The van der Waals surface area contributed by atoms with Gasteiger partial charge in [0.05, 0.1) is 0 Å². The Morgan fingerprint density at radius 2 is 1.80 bits per heavy atom. The molecular formula is C18H34N2. The van der Waals surface area contributed by atoms with Crippen LogP contribution in [0.1, 0.15) is 59.8 Å². The lowest BCUT2D eigenvalue weighted by Crippen LogP contribution is -2.41. The summed E-state index contributed by atoms with van der Waals surface area (Å²) < 4.78 is 0. The molecule has 2 heteroatoms. The van der Waals surface area contributed by atoms with Crippen LogP contribution in [0.25, 0.3) is 0 Å². The molecule has 0 aromatic carbocycles. The van der Waals surface area contributed by atoms with Crippen LogP contribution in [0.3, 0.4) is 0 Å². The summed E-state index contributed by atoms with van der Waals surface area (Å²) in [4.78, 5) is 2.89. The van der Waals surface area contributed by atoms with E-state index in [-0.39, 0.29) is 0 Å². The van der Waals surface area contributed by atoms with E-state index in [2.05, 4.69) is 37.9 Å². The molecule has 1 N–H and O–H groups in total. The fourth-order valence-corrected chi connectivity index (χ4v) is 5.16. The molecule has 116 valence electrons. The molecule has 2 nitrogen and oxygen atoms in total. The molecule has 3 rings (SSSR count). The van der Waals surface area contributed by atoms with Gasteiger partial charge >= 0.3 is 0 Å². The zero-order chi connectivity index (χ0) is 14.3. The SMILES string of the molecule is CC1C2CNCC2CN1C1CCCC(C(C)(C)C)CC1. The van der Waals surface area contributed by atoms with E-state index in [0.29, 0.717) is 5.41 Å². The van der Waals surface area contributed by atoms with E-state index in [1.54, 1.807) is 0 Å². The van der Waals surface area contributed by atoms with Gasteiger partial charge in [-0.1, -0.05) is 27.2 Å². The summed E-state index contributed by atoms with van der Waals surface area (Å²) in [6.45, 7) is 13.7. The van der Waals surface area contributed by atoms with Gasteiger partial charge in [0.25, 0.3) is 0 Å². The first kappa shape index (κ1) is 14.8. The molecule has 0 aromatic rings. The lowest BCUT2D eigenvalue weighted by molar-refractivity contribution is 0.148. The molecule has 0 bridgehead atoms. The molecule has 1 saturated carbocycles. The van der Waals surface area contributed by atoms with Gasteiger partial charge < -0.3 is 5.32 Å². The molecule has 5 atom stereocenters. The van der Waals surface area contributed by atoms with Crippen molar-refractivity contribution in [1.29, 1.82) is 0 Å². The van der Waals surface area contributed by atoms with Crippen molar-refractivity contribution < 1.29 is 0 Å². The van der Waals surface area contributed by atoms with Gasteiger partial charge in [0.2, 0.25) is 0 Å². The van der Waals surface area contributed by atoms with Crippen molar-refractivity contribution in [3.05, 3.63) is 0 Å². The van der Waals surface area contributed by atoms with Crippen molar-refractivity contribution in [2.45, 2.75) is 71.9 Å². The highest BCUT2D eigenvalue weighted by atomic mass is 15.2. The molecule has 20 heavy (non-hydrogen) atoms. The van der Waals surface area contributed by atoms with Gasteiger partial charge in [0, 0.05) is 18.6 Å². The van der Waals surface area contributed by atoms with Gasteiger partial charge in [0.1, 0.15) is 0 Å². The molecule has 2 saturated heterocycles. The second kappa shape index (κ2) is 5.61. The lowest BCUT2D eigenvalue weighted by atomic mass is 9.76. The number of nitrogens with one attached hydrogen (secondary N) is 1. The topological polar surface area (TPSA) is 15.3 Å². The van der Waals surface area contributed by atoms with E-state index in [9.17, 15) is 0 Å². The summed E-state index contributed by atoms with van der Waals surface area (Å²) in [5, 5.41) is 3.59. The molecule has 0 aromatic heterocycles. The van der Waals surface area contributed by atoms with E-state index in [1.807, 2.05) is 0 Å². The van der Waals surface area contributed by atoms with Crippen LogP contribution in [-0.2, 0) is 0 Å². The van der Waals surface area contributed by atoms with E-state index >= 15 is 0 Å². The lowest BCUT2D eigenvalue weighted by Gasteiger charge is -2.33. The van der Waals surface area contributed by atoms with Crippen molar-refractivity contribution in [3.8, 4) is 0 Å². The highest BCUT2D eigenvalue weighted by molar-refractivity contribution is 4.99. The standard InChI is InChI=1S/C18H34N2/c1-13-17-11-19-10-14(17)12-20(13)16-7-5-6-15(8-9-16)18(2,3)4/h13-17,19H,5-12H2,1-4H3. The predicted molar refractivity (Wildman–Crippen MR) is 85.8 cm³/mol. The van der Waals surface area contributed by atoms with Crippen LogP contribution in [0.2, 0.25) is 0 Å². The highest BCUT2D eigenvalue weighted by Crippen LogP contribution is 2.41. The molecular weight excluding hydrogens is 244 g/mol. The van der Waals surface area contributed by atoms with E-state index in [4.69, 9.17) is 0 Å². The number of rotatable bonds is 1. The summed E-state index contributed by atoms with van der Waals surface area (Å²) in [6, 6.07) is 1.69. The average Bonchev–Trinajstić information content (AvgIpc) is 2.83. The zero-order valence-corrected chi connectivity index (χ0v) is 14.0. The van der Waals surface area contributed by atoms with Crippen LogP contribution in [0.15, 0.2) is 0 Å². The smallest absolute Gasteiger partial charge is 0.0114 e. The van der Waals surface area contributed by atoms with E-state index in [0.717, 1.165) is 29.8 Å². The van der Waals surface area contributed by atoms with Crippen molar-refractivity contribution in [3.63, 3.8) is 0 Å². The van der Waals surface area contributed by atoms with Crippen LogP contribution >= 0.6 is 0 Å². The Labute approximate surface area is 125 Å². The van der Waals surface area contributed by atoms with E-state index < -0.39 is 0 Å². The fraction of sp³-hybridized carbons (Fsp3) is 1.00. The van der Waals surface area contributed by atoms with Gasteiger partial charge in [0.15, 0.2) is 0 Å². The maximum absolute atomic E-state index is 3.59. The third-order valence-corrected chi connectivity index (χ3v) is 6.61. The maximum atomic E-state index is 3.59. The summed E-state index contributed by atoms with van der Waals surface area (Å²) in [5.74, 6) is 2.80. The van der Waals surface area contributed by atoms with Crippen molar-refractivity contribution in [2.24, 2.45) is 23.2 Å². The largest absolute Gasteiger partial charge is 0.316 e. The number of fused-ring (bicyclic) bond motifs is 1. The van der Waals surface area contributed by atoms with Crippen LogP contribution in [0, 0.1) is 23.2 Å². The monoisotopic (exact) mass is 278 g/mol. The van der Waals surface area contributed by atoms with E-state index in [1.165, 1.54) is 51.7 Å². The minimum absolute atomic E-state index is 0.506. The van der Waals surface area contributed by atoms with Crippen LogP contribution in [0.4, 0.5) is 0 Å². The summed E-state index contributed by atoms with van der Waals surface area (Å²) in [6.07, 6.45) is 7.24. The second-order valence-corrected chi connectivity index (χ2v) is 8.74. The maximum Gasteiger partial charge on any atom is 0.0114 e. The molecule has 0 amide bonds. The Hall–Kier alpha value is -0.0800. The molecule has 0 spiro atoms. The molecule has 2 heterocycles. The van der Waals surface area contributed by atoms with Crippen molar-refractivity contribution >= 4 is 0 Å². The fourth-order valence-electron chi connectivity index (χ4n) is 5.16. The van der Waals surface area contributed by atoms with Gasteiger partial charge in [-0.3, -0.25) is 4.90 Å². The molecule has 2 aliphatic heterocycles. The Balaban J connectivity index is 1.61. The Kier molecular flexibility index (Phi) is 4.16. The summed E-state index contributed by atoms with van der Waals surface area (Å²) >= 11 is 0. The molecule has 1 aliphatic carbocycles. The summed E-state index contributed by atoms with van der Waals surface area (Å²) in [5.41, 5.74) is 0.506. The summed E-state index contributed by atoms with van der Waals surface area (Å²) in [7, 11) is 0. The minimum Gasteiger partial charge on any atom is -0.316 e. The number of hydrogen-bond acceptors (Lipinski definition) is 2. The predicted octanol–water partition coefficient (Wildman–Crippen LogP) is 3.52. The van der Waals surface area contributed by atoms with Gasteiger partial charge in [-0.15, -0.1) is 0 Å². The van der Waals surface area contributed by atoms with Crippen LogP contribution in [-0.4, -0.2) is 36.6 Å². The number of likely N-dealkylation sites (tertiary alicyclic amines) is 1. The average molecular weight is 278 g/mol. The first-order valence-electron chi connectivity index (χ1n) is 8.93. The second-order valence-electron chi connectivity index (χ2n) is 8.74. The van der Waals surface area contributed by atoms with Crippen LogP contribution < -0.4 is 5.32 Å². The zero-order valence-electron chi connectivity index (χ0n) is 14.0. The molecule has 3 aliphatic rings. The number of nitrogens with zero attached hydrogens (tertiary/aromatic N) is 1. The minimum atomic E-state index is 0.506. The third-order valence-electron chi connectivity index (χ3n) is 6.61. The van der Waals surface area contributed by atoms with Crippen molar-refractivity contribution in [2.75, 3.05) is 19.6 Å². The quantitative estimate of drug-likeness (QED) is 0.738.